The topological polar surface area (TPSA) is 79.4 Å². The van der Waals surface area contributed by atoms with Crippen LogP contribution >= 0.6 is 0 Å². The molecular formula is C14H11N3O3. The molecule has 1 aromatic heterocycles. The molecule has 0 saturated carbocycles. The number of urea groups is 1. The first-order chi connectivity index (χ1) is 9.67. The molecule has 3 amide bonds. The Morgan fingerprint density at radius 3 is 2.75 bits per heavy atom. The van der Waals surface area contributed by atoms with E-state index in [-0.39, 0.29) is 12.3 Å². The molecule has 0 atom stereocenters. The van der Waals surface area contributed by atoms with Gasteiger partial charge in [0.15, 0.2) is 0 Å². The lowest BCUT2D eigenvalue weighted by atomic mass is 10.1. The molecule has 0 aliphatic carbocycles. The van der Waals surface area contributed by atoms with Gasteiger partial charge in [-0.1, -0.05) is 12.1 Å². The molecule has 100 valence electrons. The van der Waals surface area contributed by atoms with E-state index >= 15 is 0 Å². The predicted octanol–water partition coefficient (Wildman–Crippen LogP) is 1.49. The molecule has 6 heteroatoms. The first kappa shape index (κ1) is 12.3. The van der Waals surface area contributed by atoms with E-state index in [1.54, 1.807) is 24.3 Å². The summed E-state index contributed by atoms with van der Waals surface area (Å²) in [7, 11) is 0. The monoisotopic (exact) mass is 269 g/mol. The Kier molecular flexibility index (Phi) is 2.90. The van der Waals surface area contributed by atoms with Crippen molar-refractivity contribution in [2.75, 3.05) is 11.4 Å². The second-order valence-corrected chi connectivity index (χ2v) is 4.49. The van der Waals surface area contributed by atoms with E-state index in [0.29, 0.717) is 23.4 Å². The number of nitrogens with zero attached hydrogens (tertiary/aromatic N) is 2. The summed E-state index contributed by atoms with van der Waals surface area (Å²) in [6, 6.07) is 8.26. The number of hydrogen-bond acceptors (Lipinski definition) is 4. The smallest absolute Gasteiger partial charge is 0.298 e. The Balaban J connectivity index is 2.01. The second-order valence-electron chi connectivity index (χ2n) is 4.49. The predicted molar refractivity (Wildman–Crippen MR) is 72.6 cm³/mol. The Hall–Kier alpha value is -2.76. The van der Waals surface area contributed by atoms with Crippen molar-refractivity contribution in [2.24, 2.45) is 0 Å². The van der Waals surface area contributed by atoms with Crippen molar-refractivity contribution in [2.45, 2.75) is 6.42 Å². The fraction of sp³-hybridized carbons (Fsp3) is 0.143. The van der Waals surface area contributed by atoms with Crippen LogP contribution in [0.4, 0.5) is 10.6 Å². The first-order valence-electron chi connectivity index (χ1n) is 6.15. The van der Waals surface area contributed by atoms with Crippen LogP contribution in [0.5, 0.6) is 0 Å². The minimum Gasteiger partial charge on any atom is -0.298 e. The van der Waals surface area contributed by atoms with Gasteiger partial charge in [-0.05, 0) is 18.2 Å². The maximum Gasteiger partial charge on any atom is 0.329 e. The summed E-state index contributed by atoms with van der Waals surface area (Å²) in [6.45, 7) is 0.302. The number of aromatic nitrogens is 1. The van der Waals surface area contributed by atoms with Crippen LogP contribution in [0, 0.1) is 0 Å². The third-order valence-corrected chi connectivity index (χ3v) is 3.17. The van der Waals surface area contributed by atoms with Gasteiger partial charge >= 0.3 is 6.03 Å². The van der Waals surface area contributed by atoms with Gasteiger partial charge in [-0.25, -0.2) is 9.78 Å². The molecule has 0 radical (unpaired) electrons. The highest BCUT2D eigenvalue weighted by Gasteiger charge is 2.25. The van der Waals surface area contributed by atoms with Crippen molar-refractivity contribution in [1.82, 2.24) is 10.3 Å². The molecule has 1 aromatic carbocycles. The Morgan fingerprint density at radius 2 is 2.00 bits per heavy atom. The highest BCUT2D eigenvalue weighted by atomic mass is 16.2. The van der Waals surface area contributed by atoms with Gasteiger partial charge in [-0.2, -0.15) is 0 Å². The van der Waals surface area contributed by atoms with E-state index < -0.39 is 6.03 Å². The van der Waals surface area contributed by atoms with Crippen LogP contribution in [0.15, 0.2) is 30.3 Å². The molecule has 3 rings (SSSR count). The number of carbonyl (C=O) groups excluding carboxylic acids is 3. The number of fused-ring (bicyclic) bond motifs is 1. The van der Waals surface area contributed by atoms with Gasteiger partial charge in [0, 0.05) is 23.9 Å². The van der Waals surface area contributed by atoms with Crippen molar-refractivity contribution >= 4 is 34.9 Å². The maximum atomic E-state index is 11.8. The Morgan fingerprint density at radius 1 is 1.20 bits per heavy atom. The van der Waals surface area contributed by atoms with E-state index in [9.17, 15) is 14.4 Å². The van der Waals surface area contributed by atoms with Crippen LogP contribution in [0.2, 0.25) is 0 Å². The van der Waals surface area contributed by atoms with Gasteiger partial charge in [0.25, 0.3) is 0 Å². The molecule has 20 heavy (non-hydrogen) atoms. The molecule has 0 spiro atoms. The van der Waals surface area contributed by atoms with Crippen molar-refractivity contribution in [3.8, 4) is 0 Å². The normalized spacial score (nSPS) is 15.3. The minimum absolute atomic E-state index is 0.250. The third kappa shape index (κ3) is 2.11. The van der Waals surface area contributed by atoms with E-state index in [0.717, 1.165) is 11.7 Å². The highest BCUT2D eigenvalue weighted by Crippen LogP contribution is 2.20. The van der Waals surface area contributed by atoms with E-state index in [2.05, 4.69) is 10.3 Å². The number of hydrogen-bond donors (Lipinski definition) is 1. The lowest BCUT2D eigenvalue weighted by molar-refractivity contribution is -0.120. The zero-order valence-corrected chi connectivity index (χ0v) is 10.5. The fourth-order valence-electron chi connectivity index (χ4n) is 2.13. The molecule has 0 unspecified atom stereocenters. The number of rotatable bonds is 2. The molecule has 1 fully saturated rings. The van der Waals surface area contributed by atoms with E-state index in [1.165, 1.54) is 4.90 Å². The molecule has 2 aromatic rings. The zero-order valence-electron chi connectivity index (χ0n) is 10.5. The highest BCUT2D eigenvalue weighted by molar-refractivity contribution is 6.05. The SMILES string of the molecule is O=Cc1ccc2ccc(N3CCC(=O)NC3=O)nc2c1. The molecule has 6 nitrogen and oxygen atoms in total. The van der Waals surface area contributed by atoms with Crippen LogP contribution in [-0.2, 0) is 4.79 Å². The number of benzene rings is 1. The summed E-state index contributed by atoms with van der Waals surface area (Å²) in [5, 5.41) is 3.13. The summed E-state index contributed by atoms with van der Waals surface area (Å²) in [4.78, 5) is 39.5. The number of pyridine rings is 1. The largest absolute Gasteiger partial charge is 0.329 e. The van der Waals surface area contributed by atoms with Crippen molar-refractivity contribution < 1.29 is 14.4 Å². The van der Waals surface area contributed by atoms with Crippen LogP contribution in [-0.4, -0.2) is 29.8 Å². The van der Waals surface area contributed by atoms with Crippen LogP contribution in [0.3, 0.4) is 0 Å². The number of amides is 3. The summed E-state index contributed by atoms with van der Waals surface area (Å²) in [6.07, 6.45) is 1.000. The Labute approximate surface area is 114 Å². The molecule has 0 bridgehead atoms. The number of aldehydes is 1. The van der Waals surface area contributed by atoms with Gasteiger partial charge in [-0.15, -0.1) is 0 Å². The van der Waals surface area contributed by atoms with Crippen molar-refractivity contribution in [1.29, 1.82) is 0 Å². The molecule has 2 heterocycles. The van der Waals surface area contributed by atoms with E-state index in [4.69, 9.17) is 0 Å². The van der Waals surface area contributed by atoms with E-state index in [1.807, 2.05) is 6.07 Å². The Bertz CT molecular complexity index is 727. The zero-order chi connectivity index (χ0) is 14.1. The molecule has 1 aliphatic heterocycles. The number of nitrogens with one attached hydrogen (secondary N) is 1. The average molecular weight is 269 g/mol. The van der Waals surface area contributed by atoms with Gasteiger partial charge in [0.05, 0.1) is 5.52 Å². The van der Waals surface area contributed by atoms with Crippen LogP contribution < -0.4 is 10.2 Å². The molecule has 1 aliphatic rings. The lowest BCUT2D eigenvalue weighted by Crippen LogP contribution is -2.49. The summed E-state index contributed by atoms with van der Waals surface area (Å²) in [5.74, 6) is 0.181. The van der Waals surface area contributed by atoms with Crippen LogP contribution in [0.25, 0.3) is 10.9 Å². The van der Waals surface area contributed by atoms with Crippen molar-refractivity contribution in [3.63, 3.8) is 0 Å². The number of carbonyl (C=O) groups is 3. The average Bonchev–Trinajstić information content (AvgIpc) is 2.46. The van der Waals surface area contributed by atoms with Gasteiger partial charge in [0.2, 0.25) is 5.91 Å². The third-order valence-electron chi connectivity index (χ3n) is 3.17. The number of anilines is 1. The molecule has 1 saturated heterocycles. The van der Waals surface area contributed by atoms with Gasteiger partial charge in [0.1, 0.15) is 12.1 Å². The number of imide groups is 1. The quantitative estimate of drug-likeness (QED) is 0.838. The minimum atomic E-state index is -0.473. The lowest BCUT2D eigenvalue weighted by Gasteiger charge is -2.25. The van der Waals surface area contributed by atoms with Gasteiger partial charge < -0.3 is 0 Å². The van der Waals surface area contributed by atoms with Crippen molar-refractivity contribution in [3.05, 3.63) is 35.9 Å². The summed E-state index contributed by atoms with van der Waals surface area (Å²) in [5.41, 5.74) is 1.16. The molecule has 1 N–H and O–H groups in total. The van der Waals surface area contributed by atoms with Crippen LogP contribution in [0.1, 0.15) is 16.8 Å². The fourth-order valence-corrected chi connectivity index (χ4v) is 2.13. The maximum absolute atomic E-state index is 11.8. The second kappa shape index (κ2) is 4.73. The molecular weight excluding hydrogens is 258 g/mol. The summed E-state index contributed by atoms with van der Waals surface area (Å²) < 4.78 is 0. The van der Waals surface area contributed by atoms with Gasteiger partial charge in [-0.3, -0.25) is 19.8 Å². The summed E-state index contributed by atoms with van der Waals surface area (Å²) >= 11 is 0. The first-order valence-corrected chi connectivity index (χ1v) is 6.15. The standard InChI is InChI=1S/C14H11N3O3/c18-8-9-1-2-10-3-4-12(15-11(10)7-9)17-6-5-13(19)16-14(17)20/h1-4,7-8H,5-6H2,(H,16,19,20).